The van der Waals surface area contributed by atoms with Crippen LogP contribution in [-0.4, -0.2) is 47.4 Å². The zero-order valence-corrected chi connectivity index (χ0v) is 48.7. The summed E-state index contributed by atoms with van der Waals surface area (Å²) in [6.07, 6.45) is 76.5. The Bertz CT molecular complexity index is 1120. The van der Waals surface area contributed by atoms with Crippen molar-refractivity contribution in [2.24, 2.45) is 0 Å². The number of carbonyl (C=O) groups excluding carboxylic acids is 2. The Morgan fingerprint density at radius 3 is 0.986 bits per heavy atom. The van der Waals surface area contributed by atoms with Gasteiger partial charge in [-0.05, 0) is 57.8 Å². The fourth-order valence-electron chi connectivity index (χ4n) is 10.2. The second-order valence-corrected chi connectivity index (χ2v) is 22.5. The summed E-state index contributed by atoms with van der Waals surface area (Å²) >= 11 is 0. The molecule has 0 aliphatic carbocycles. The fourth-order valence-corrected chi connectivity index (χ4v) is 10.2. The number of unbranched alkanes of at least 4 members (excludes halogenated alkanes) is 48. The van der Waals surface area contributed by atoms with Gasteiger partial charge in [-0.15, -0.1) is 0 Å². The molecule has 3 N–H and O–H groups in total. The number of ether oxygens (including phenoxy) is 1. The summed E-state index contributed by atoms with van der Waals surface area (Å²) in [6.45, 7) is 4.91. The second-order valence-electron chi connectivity index (χ2n) is 22.5. The third-order valence-electron chi connectivity index (χ3n) is 15.2. The van der Waals surface area contributed by atoms with Crippen molar-refractivity contribution in [1.82, 2.24) is 5.32 Å². The standard InChI is InChI=1S/C66H127NO5/c1-3-5-7-9-11-13-15-17-19-20-21-22-23-24-25-26-27-28-31-34-38-42-46-50-54-58-64(69)63(62-68)67-65(70)59-55-51-47-43-39-35-32-29-33-37-41-45-49-53-57-61-72-66(71)60-56-52-48-44-40-36-30-18-16-14-12-10-8-6-4-2/h18,30,54,58,63-64,68-69H,3-17,19-29,31-53,55-57,59-62H2,1-2H3,(H,67,70)/b30-18-,58-54+. The topological polar surface area (TPSA) is 95.9 Å². The maximum absolute atomic E-state index is 12.5. The molecule has 0 heterocycles. The lowest BCUT2D eigenvalue weighted by atomic mass is 10.0. The van der Waals surface area contributed by atoms with Crippen molar-refractivity contribution in [2.45, 2.75) is 373 Å². The molecule has 426 valence electrons. The molecule has 0 aliphatic rings. The maximum Gasteiger partial charge on any atom is 0.305 e. The molecule has 0 saturated carbocycles. The first-order chi connectivity index (χ1) is 35.5. The Hall–Kier alpha value is -1.66. The van der Waals surface area contributed by atoms with Gasteiger partial charge < -0.3 is 20.3 Å². The number of nitrogens with one attached hydrogen (secondary N) is 1. The number of rotatable bonds is 61. The van der Waals surface area contributed by atoms with E-state index < -0.39 is 12.1 Å². The molecule has 6 heteroatoms. The molecule has 0 fully saturated rings. The van der Waals surface area contributed by atoms with Crippen LogP contribution in [0.15, 0.2) is 24.3 Å². The third kappa shape index (κ3) is 57.6. The molecule has 2 unspecified atom stereocenters. The quantitative estimate of drug-likeness (QED) is 0.0320. The van der Waals surface area contributed by atoms with Crippen LogP contribution in [0.2, 0.25) is 0 Å². The van der Waals surface area contributed by atoms with E-state index in [0.29, 0.717) is 19.4 Å². The minimum absolute atomic E-state index is 0.00743. The number of aliphatic hydroxyl groups is 2. The van der Waals surface area contributed by atoms with E-state index in [-0.39, 0.29) is 18.5 Å². The molecule has 6 nitrogen and oxygen atoms in total. The highest BCUT2D eigenvalue weighted by molar-refractivity contribution is 5.76. The van der Waals surface area contributed by atoms with Gasteiger partial charge in [-0.3, -0.25) is 9.59 Å². The van der Waals surface area contributed by atoms with Crippen molar-refractivity contribution >= 4 is 11.9 Å². The van der Waals surface area contributed by atoms with Crippen LogP contribution in [0.5, 0.6) is 0 Å². The van der Waals surface area contributed by atoms with Crippen molar-refractivity contribution < 1.29 is 24.5 Å². The highest BCUT2D eigenvalue weighted by Gasteiger charge is 2.18. The van der Waals surface area contributed by atoms with Gasteiger partial charge >= 0.3 is 5.97 Å². The predicted octanol–water partition coefficient (Wildman–Crippen LogP) is 20.6. The van der Waals surface area contributed by atoms with E-state index in [9.17, 15) is 19.8 Å². The van der Waals surface area contributed by atoms with E-state index in [1.165, 1.54) is 283 Å². The molecule has 0 aromatic rings. The Morgan fingerprint density at radius 1 is 0.375 bits per heavy atom. The van der Waals surface area contributed by atoms with Gasteiger partial charge in [0.05, 0.1) is 25.4 Å². The van der Waals surface area contributed by atoms with Crippen molar-refractivity contribution in [3.05, 3.63) is 24.3 Å². The van der Waals surface area contributed by atoms with Gasteiger partial charge in [0.2, 0.25) is 5.91 Å². The van der Waals surface area contributed by atoms with E-state index in [0.717, 1.165) is 51.4 Å². The molecule has 72 heavy (non-hydrogen) atoms. The summed E-state index contributed by atoms with van der Waals surface area (Å²) in [7, 11) is 0. The molecule has 0 aromatic carbocycles. The van der Waals surface area contributed by atoms with E-state index >= 15 is 0 Å². The van der Waals surface area contributed by atoms with E-state index in [1.54, 1.807) is 6.08 Å². The number of aliphatic hydroxyl groups excluding tert-OH is 2. The van der Waals surface area contributed by atoms with Gasteiger partial charge in [0.25, 0.3) is 0 Å². The zero-order valence-electron chi connectivity index (χ0n) is 48.7. The highest BCUT2D eigenvalue weighted by atomic mass is 16.5. The lowest BCUT2D eigenvalue weighted by Gasteiger charge is -2.20. The summed E-state index contributed by atoms with van der Waals surface area (Å²) < 4.78 is 5.48. The first kappa shape index (κ1) is 70.3. The smallest absolute Gasteiger partial charge is 0.305 e. The Labute approximate surface area is 450 Å². The highest BCUT2D eigenvalue weighted by Crippen LogP contribution is 2.18. The van der Waals surface area contributed by atoms with Crippen LogP contribution >= 0.6 is 0 Å². The first-order valence-electron chi connectivity index (χ1n) is 32.6. The van der Waals surface area contributed by atoms with Gasteiger partial charge in [0, 0.05) is 12.8 Å². The number of hydrogen-bond acceptors (Lipinski definition) is 5. The Kier molecular flexibility index (Phi) is 60.5. The Balaban J connectivity index is 3.46. The monoisotopic (exact) mass is 1010 g/mol. The van der Waals surface area contributed by atoms with Crippen LogP contribution < -0.4 is 5.32 Å². The molecular formula is C66H127NO5. The molecule has 0 spiro atoms. The number of hydrogen-bond donors (Lipinski definition) is 3. The van der Waals surface area contributed by atoms with Gasteiger partial charge in [-0.25, -0.2) is 0 Å². The summed E-state index contributed by atoms with van der Waals surface area (Å²) in [6, 6.07) is -0.636. The van der Waals surface area contributed by atoms with Crippen LogP contribution in [0.1, 0.15) is 361 Å². The number of esters is 1. The molecule has 2 atom stereocenters. The van der Waals surface area contributed by atoms with Crippen LogP contribution in [0.25, 0.3) is 0 Å². The fraction of sp³-hybridized carbons (Fsp3) is 0.909. The normalized spacial score (nSPS) is 12.7. The summed E-state index contributed by atoms with van der Waals surface area (Å²) in [5.41, 5.74) is 0. The average Bonchev–Trinajstić information content (AvgIpc) is 3.38. The SMILES string of the molecule is CCCCCCCC/C=C\CCCCCCCC(=O)OCCCCCCCCCCCCCCCCCC(=O)NC(CO)C(O)/C=C/CCCCCCCCCCCCCCCCCCCCCCCCC. The molecule has 0 saturated heterocycles. The second kappa shape index (κ2) is 61.9. The third-order valence-corrected chi connectivity index (χ3v) is 15.2. The van der Waals surface area contributed by atoms with E-state index in [2.05, 4.69) is 31.3 Å². The molecule has 0 aliphatic heterocycles. The van der Waals surface area contributed by atoms with Crippen molar-refractivity contribution in [3.63, 3.8) is 0 Å². The number of allylic oxidation sites excluding steroid dienone is 3. The summed E-state index contributed by atoms with van der Waals surface area (Å²) in [5, 5.41) is 23.2. The van der Waals surface area contributed by atoms with E-state index in [1.807, 2.05) is 6.08 Å². The average molecular weight is 1010 g/mol. The van der Waals surface area contributed by atoms with Crippen molar-refractivity contribution in [1.29, 1.82) is 0 Å². The molecule has 0 aromatic heterocycles. The van der Waals surface area contributed by atoms with Gasteiger partial charge in [0.15, 0.2) is 0 Å². The van der Waals surface area contributed by atoms with Crippen molar-refractivity contribution in [3.8, 4) is 0 Å². The lowest BCUT2D eigenvalue weighted by molar-refractivity contribution is -0.143. The van der Waals surface area contributed by atoms with Gasteiger partial charge in [-0.1, -0.05) is 314 Å². The number of carbonyl (C=O) groups is 2. The van der Waals surface area contributed by atoms with Crippen molar-refractivity contribution in [2.75, 3.05) is 13.2 Å². The zero-order chi connectivity index (χ0) is 52.2. The van der Waals surface area contributed by atoms with Gasteiger partial charge in [-0.2, -0.15) is 0 Å². The number of amides is 1. The maximum atomic E-state index is 12.5. The minimum atomic E-state index is -0.852. The van der Waals surface area contributed by atoms with Gasteiger partial charge in [0.1, 0.15) is 0 Å². The first-order valence-corrected chi connectivity index (χ1v) is 32.6. The summed E-state index contributed by atoms with van der Waals surface area (Å²) in [4.78, 5) is 24.6. The van der Waals surface area contributed by atoms with E-state index in [4.69, 9.17) is 4.74 Å². The minimum Gasteiger partial charge on any atom is -0.466 e. The van der Waals surface area contributed by atoms with Crippen LogP contribution in [0.3, 0.4) is 0 Å². The molecule has 0 rings (SSSR count). The van der Waals surface area contributed by atoms with Crippen LogP contribution in [0, 0.1) is 0 Å². The van der Waals surface area contributed by atoms with Crippen LogP contribution in [-0.2, 0) is 14.3 Å². The summed E-state index contributed by atoms with van der Waals surface area (Å²) in [5.74, 6) is -0.0802. The van der Waals surface area contributed by atoms with Crippen LogP contribution in [0.4, 0.5) is 0 Å². The molecule has 0 radical (unpaired) electrons. The molecular weight excluding hydrogens is 887 g/mol. The predicted molar refractivity (Wildman–Crippen MR) is 315 cm³/mol. The largest absolute Gasteiger partial charge is 0.466 e. The molecule has 0 bridgehead atoms. The Morgan fingerprint density at radius 2 is 0.653 bits per heavy atom. The lowest BCUT2D eigenvalue weighted by Crippen LogP contribution is -2.45. The molecule has 1 amide bonds.